The molecule has 0 aromatic heterocycles. The molecule has 1 aromatic carbocycles. The number of allylic oxidation sites excluding steroid dienone is 1. The SMILES string of the molecule is CC/C=C/c1ccc(C2CCC(F)(F)CC2)cc1. The van der Waals surface area contributed by atoms with E-state index in [1.54, 1.807) is 0 Å². The van der Waals surface area contributed by atoms with E-state index in [4.69, 9.17) is 0 Å². The first-order chi connectivity index (χ1) is 8.61. The van der Waals surface area contributed by atoms with Gasteiger partial charge in [0.15, 0.2) is 0 Å². The van der Waals surface area contributed by atoms with E-state index in [1.165, 1.54) is 11.1 Å². The second-order valence-corrected chi connectivity index (χ2v) is 5.11. The molecule has 0 spiro atoms. The topological polar surface area (TPSA) is 0 Å². The van der Waals surface area contributed by atoms with Crippen LogP contribution in [0.3, 0.4) is 0 Å². The lowest BCUT2D eigenvalue weighted by Crippen LogP contribution is -2.23. The van der Waals surface area contributed by atoms with Crippen molar-refractivity contribution in [2.24, 2.45) is 0 Å². The molecule has 2 rings (SSSR count). The smallest absolute Gasteiger partial charge is 0.207 e. The van der Waals surface area contributed by atoms with Gasteiger partial charge >= 0.3 is 0 Å². The first kappa shape index (κ1) is 13.3. The van der Waals surface area contributed by atoms with E-state index in [0.717, 1.165) is 6.42 Å². The maximum Gasteiger partial charge on any atom is 0.248 e. The molecular weight excluding hydrogens is 230 g/mol. The standard InChI is InChI=1S/C16H20F2/c1-2-3-4-13-5-7-14(8-6-13)15-9-11-16(17,18)12-10-15/h3-8,15H,2,9-12H2,1H3/b4-3+. The van der Waals surface area contributed by atoms with Crippen molar-refractivity contribution in [2.75, 3.05) is 0 Å². The summed E-state index contributed by atoms with van der Waals surface area (Å²) in [7, 11) is 0. The van der Waals surface area contributed by atoms with Crippen molar-refractivity contribution >= 4 is 6.08 Å². The van der Waals surface area contributed by atoms with Crippen molar-refractivity contribution in [2.45, 2.75) is 50.9 Å². The lowest BCUT2D eigenvalue weighted by atomic mass is 9.82. The first-order valence-corrected chi connectivity index (χ1v) is 6.75. The molecule has 0 saturated heterocycles. The molecule has 98 valence electrons. The van der Waals surface area contributed by atoms with Crippen molar-refractivity contribution < 1.29 is 8.78 Å². The largest absolute Gasteiger partial charge is 0.248 e. The van der Waals surface area contributed by atoms with Gasteiger partial charge in [0, 0.05) is 12.8 Å². The number of halogens is 2. The molecule has 1 aliphatic carbocycles. The van der Waals surface area contributed by atoms with E-state index >= 15 is 0 Å². The van der Waals surface area contributed by atoms with Crippen LogP contribution in [0, 0.1) is 0 Å². The van der Waals surface area contributed by atoms with Crippen molar-refractivity contribution in [1.82, 2.24) is 0 Å². The Hall–Kier alpha value is -1.18. The van der Waals surface area contributed by atoms with Crippen molar-refractivity contribution in [1.29, 1.82) is 0 Å². The zero-order valence-electron chi connectivity index (χ0n) is 10.8. The van der Waals surface area contributed by atoms with Crippen LogP contribution < -0.4 is 0 Å². The average molecular weight is 250 g/mol. The average Bonchev–Trinajstić information content (AvgIpc) is 2.37. The Bertz CT molecular complexity index is 394. The van der Waals surface area contributed by atoms with Crippen LogP contribution in [0.4, 0.5) is 8.78 Å². The maximum absolute atomic E-state index is 13.1. The van der Waals surface area contributed by atoms with Gasteiger partial charge in [0.1, 0.15) is 0 Å². The fourth-order valence-electron chi connectivity index (χ4n) is 2.51. The molecule has 2 heteroatoms. The van der Waals surface area contributed by atoms with E-state index in [2.05, 4.69) is 43.3 Å². The van der Waals surface area contributed by atoms with Gasteiger partial charge < -0.3 is 0 Å². The number of rotatable bonds is 3. The molecule has 0 aliphatic heterocycles. The first-order valence-electron chi connectivity index (χ1n) is 6.75. The summed E-state index contributed by atoms with van der Waals surface area (Å²) in [5.74, 6) is -2.12. The zero-order chi connectivity index (χ0) is 13.0. The zero-order valence-corrected chi connectivity index (χ0v) is 10.8. The number of hydrogen-bond acceptors (Lipinski definition) is 0. The fraction of sp³-hybridized carbons (Fsp3) is 0.500. The van der Waals surface area contributed by atoms with Crippen LogP contribution in [0.15, 0.2) is 30.3 Å². The van der Waals surface area contributed by atoms with Gasteiger partial charge in [0.2, 0.25) is 5.92 Å². The minimum absolute atomic E-state index is 0.0369. The normalized spacial score (nSPS) is 20.4. The van der Waals surface area contributed by atoms with Crippen LogP contribution in [-0.4, -0.2) is 5.92 Å². The molecule has 18 heavy (non-hydrogen) atoms. The predicted molar refractivity (Wildman–Crippen MR) is 71.9 cm³/mol. The Kier molecular flexibility index (Phi) is 4.15. The summed E-state index contributed by atoms with van der Waals surface area (Å²) in [5, 5.41) is 0. The molecule has 0 bridgehead atoms. The third-order valence-electron chi connectivity index (χ3n) is 3.67. The Labute approximate surface area is 108 Å². The summed E-state index contributed by atoms with van der Waals surface area (Å²) in [4.78, 5) is 0. The number of benzene rings is 1. The lowest BCUT2D eigenvalue weighted by molar-refractivity contribution is -0.0382. The fourth-order valence-corrected chi connectivity index (χ4v) is 2.51. The summed E-state index contributed by atoms with van der Waals surface area (Å²) >= 11 is 0. The van der Waals surface area contributed by atoms with Crippen molar-refractivity contribution in [3.8, 4) is 0 Å². The van der Waals surface area contributed by atoms with Gasteiger partial charge in [0.05, 0.1) is 0 Å². The highest BCUT2D eigenvalue weighted by atomic mass is 19.3. The summed E-state index contributed by atoms with van der Waals surface area (Å²) in [6, 6.07) is 8.33. The molecule has 0 heterocycles. The molecule has 0 unspecified atom stereocenters. The second-order valence-electron chi connectivity index (χ2n) is 5.11. The highest BCUT2D eigenvalue weighted by molar-refractivity contribution is 5.49. The van der Waals surface area contributed by atoms with Crippen molar-refractivity contribution in [3.63, 3.8) is 0 Å². The van der Waals surface area contributed by atoms with E-state index < -0.39 is 5.92 Å². The summed E-state index contributed by atoms with van der Waals surface area (Å²) < 4.78 is 26.2. The van der Waals surface area contributed by atoms with Gasteiger partial charge in [-0.15, -0.1) is 0 Å². The monoisotopic (exact) mass is 250 g/mol. The van der Waals surface area contributed by atoms with Gasteiger partial charge in [-0.25, -0.2) is 8.78 Å². The van der Waals surface area contributed by atoms with Crippen LogP contribution in [0.2, 0.25) is 0 Å². The molecule has 1 aliphatic rings. The summed E-state index contributed by atoms with van der Waals surface area (Å²) in [6.07, 6.45) is 6.53. The maximum atomic E-state index is 13.1. The van der Waals surface area contributed by atoms with Crippen LogP contribution in [0.5, 0.6) is 0 Å². The van der Waals surface area contributed by atoms with E-state index in [1.807, 2.05) is 0 Å². The van der Waals surface area contributed by atoms with Crippen LogP contribution in [-0.2, 0) is 0 Å². The molecule has 0 N–H and O–H groups in total. The predicted octanol–water partition coefficient (Wildman–Crippen LogP) is 5.40. The Morgan fingerprint density at radius 2 is 1.78 bits per heavy atom. The van der Waals surface area contributed by atoms with Crippen LogP contribution >= 0.6 is 0 Å². The molecule has 0 amide bonds. The summed E-state index contributed by atoms with van der Waals surface area (Å²) in [5.41, 5.74) is 2.39. The second kappa shape index (κ2) is 5.64. The minimum atomic E-state index is -2.43. The molecule has 0 radical (unpaired) electrons. The molecule has 0 nitrogen and oxygen atoms in total. The van der Waals surface area contributed by atoms with E-state index in [-0.39, 0.29) is 12.8 Å². The molecule has 1 fully saturated rings. The lowest BCUT2D eigenvalue weighted by Gasteiger charge is -2.28. The molecule has 0 atom stereocenters. The Morgan fingerprint density at radius 1 is 1.17 bits per heavy atom. The Morgan fingerprint density at radius 3 is 2.33 bits per heavy atom. The van der Waals surface area contributed by atoms with Gasteiger partial charge in [-0.1, -0.05) is 43.3 Å². The highest BCUT2D eigenvalue weighted by Gasteiger charge is 2.35. The molecule has 1 aromatic rings. The van der Waals surface area contributed by atoms with Gasteiger partial charge in [-0.3, -0.25) is 0 Å². The highest BCUT2D eigenvalue weighted by Crippen LogP contribution is 2.40. The summed E-state index contributed by atoms with van der Waals surface area (Å²) in [6.45, 7) is 2.10. The van der Waals surface area contributed by atoms with Gasteiger partial charge in [-0.2, -0.15) is 0 Å². The van der Waals surface area contributed by atoms with E-state index in [9.17, 15) is 8.78 Å². The van der Waals surface area contributed by atoms with Crippen molar-refractivity contribution in [3.05, 3.63) is 41.5 Å². The number of hydrogen-bond donors (Lipinski definition) is 0. The Balaban J connectivity index is 2.00. The number of alkyl halides is 2. The molecular formula is C16H20F2. The minimum Gasteiger partial charge on any atom is -0.207 e. The third kappa shape index (κ3) is 3.41. The molecule has 1 saturated carbocycles. The van der Waals surface area contributed by atoms with E-state index in [0.29, 0.717) is 18.8 Å². The van der Waals surface area contributed by atoms with Gasteiger partial charge in [0.25, 0.3) is 0 Å². The van der Waals surface area contributed by atoms with Gasteiger partial charge in [-0.05, 0) is 36.3 Å². The third-order valence-corrected chi connectivity index (χ3v) is 3.67. The quantitative estimate of drug-likeness (QED) is 0.673. The van der Waals surface area contributed by atoms with Crippen LogP contribution in [0.1, 0.15) is 56.1 Å². The van der Waals surface area contributed by atoms with Crippen LogP contribution in [0.25, 0.3) is 6.08 Å².